The number of anilines is 2. The van der Waals surface area contributed by atoms with Crippen LogP contribution >= 0.6 is 43.5 Å². The lowest BCUT2D eigenvalue weighted by molar-refractivity contribution is -0.392. The summed E-state index contributed by atoms with van der Waals surface area (Å²) in [6.07, 6.45) is -5.11. The van der Waals surface area contributed by atoms with Crippen molar-refractivity contribution in [1.82, 2.24) is 0 Å². The Bertz CT molecular complexity index is 924. The quantitative estimate of drug-likeness (QED) is 0.370. The highest BCUT2D eigenvalue weighted by molar-refractivity contribution is 9.11. The van der Waals surface area contributed by atoms with E-state index in [9.17, 15) is 33.4 Å². The van der Waals surface area contributed by atoms with Crippen molar-refractivity contribution in [3.05, 3.63) is 64.0 Å². The molecule has 0 saturated heterocycles. The molecule has 0 amide bonds. The van der Waals surface area contributed by atoms with Crippen LogP contribution in [0.25, 0.3) is 0 Å². The summed E-state index contributed by atoms with van der Waals surface area (Å²) in [7, 11) is 0. The van der Waals surface area contributed by atoms with Crippen LogP contribution in [-0.4, -0.2) is 9.85 Å². The standard InChI is InChI=1S/C13H5Br2ClF3N3O4/c14-5-1-2-7(15)8(3-5)20-11-9(21(23)24)4-6(13(17,18)19)10(16)12(11)22(25)26/h1-4,20H. The molecule has 0 fully saturated rings. The predicted molar refractivity (Wildman–Crippen MR) is 94.9 cm³/mol. The van der Waals surface area contributed by atoms with Gasteiger partial charge in [0.2, 0.25) is 0 Å². The van der Waals surface area contributed by atoms with E-state index in [1.807, 2.05) is 0 Å². The van der Waals surface area contributed by atoms with Gasteiger partial charge >= 0.3 is 17.6 Å². The fraction of sp³-hybridized carbons (Fsp3) is 0.0769. The van der Waals surface area contributed by atoms with Crippen molar-refractivity contribution < 1.29 is 23.0 Å². The molecule has 13 heteroatoms. The molecule has 0 atom stereocenters. The maximum atomic E-state index is 13.0. The van der Waals surface area contributed by atoms with Gasteiger partial charge in [-0.2, -0.15) is 13.2 Å². The molecule has 0 saturated carbocycles. The van der Waals surface area contributed by atoms with Crippen molar-refractivity contribution in [2.75, 3.05) is 5.32 Å². The van der Waals surface area contributed by atoms with Crippen LogP contribution in [0.1, 0.15) is 5.56 Å². The molecule has 138 valence electrons. The Labute approximate surface area is 164 Å². The number of nitro benzene ring substituents is 2. The summed E-state index contributed by atoms with van der Waals surface area (Å²) in [6, 6.07) is 4.71. The van der Waals surface area contributed by atoms with Gasteiger partial charge in [0.15, 0.2) is 5.69 Å². The van der Waals surface area contributed by atoms with Gasteiger partial charge in [-0.25, -0.2) is 0 Å². The van der Waals surface area contributed by atoms with Crippen molar-refractivity contribution in [2.24, 2.45) is 0 Å². The van der Waals surface area contributed by atoms with Gasteiger partial charge in [-0.05, 0) is 34.1 Å². The fourth-order valence-corrected chi connectivity index (χ4v) is 3.04. The molecule has 0 radical (unpaired) electrons. The van der Waals surface area contributed by atoms with E-state index < -0.39 is 43.7 Å². The van der Waals surface area contributed by atoms with Crippen molar-refractivity contribution in [3.8, 4) is 0 Å². The van der Waals surface area contributed by atoms with E-state index in [2.05, 4.69) is 37.2 Å². The first kappa shape index (κ1) is 20.4. The van der Waals surface area contributed by atoms with E-state index in [-0.39, 0.29) is 11.8 Å². The molecule has 2 rings (SSSR count). The molecule has 2 aromatic rings. The monoisotopic (exact) mass is 517 g/mol. The number of hydrogen-bond acceptors (Lipinski definition) is 5. The number of alkyl halides is 3. The van der Waals surface area contributed by atoms with Crippen LogP contribution in [0.3, 0.4) is 0 Å². The van der Waals surface area contributed by atoms with Crippen LogP contribution in [0.5, 0.6) is 0 Å². The molecule has 0 aliphatic heterocycles. The maximum Gasteiger partial charge on any atom is 0.418 e. The highest BCUT2D eigenvalue weighted by atomic mass is 79.9. The second-order valence-corrected chi connectivity index (χ2v) is 6.89. The van der Waals surface area contributed by atoms with Crippen LogP contribution in [0.15, 0.2) is 33.2 Å². The number of nitro groups is 2. The van der Waals surface area contributed by atoms with Crippen LogP contribution in [-0.2, 0) is 6.18 Å². The third-order valence-corrected chi connectivity index (χ3v) is 4.66. The van der Waals surface area contributed by atoms with Crippen LogP contribution in [0, 0.1) is 20.2 Å². The van der Waals surface area contributed by atoms with Crippen molar-refractivity contribution in [1.29, 1.82) is 0 Å². The summed E-state index contributed by atoms with van der Waals surface area (Å²) in [4.78, 5) is 20.2. The van der Waals surface area contributed by atoms with E-state index in [1.165, 1.54) is 12.1 Å². The molecular weight excluding hydrogens is 514 g/mol. The average molecular weight is 519 g/mol. The molecule has 0 aromatic heterocycles. The minimum absolute atomic E-state index is 0.140. The van der Waals surface area contributed by atoms with Gasteiger partial charge in [-0.15, -0.1) is 0 Å². The van der Waals surface area contributed by atoms with E-state index in [0.29, 0.717) is 8.95 Å². The first-order chi connectivity index (χ1) is 11.9. The zero-order valence-electron chi connectivity index (χ0n) is 12.1. The Morgan fingerprint density at radius 1 is 1.08 bits per heavy atom. The molecule has 0 heterocycles. The normalized spacial score (nSPS) is 11.3. The van der Waals surface area contributed by atoms with E-state index >= 15 is 0 Å². The minimum atomic E-state index is -5.11. The molecular formula is C13H5Br2ClF3N3O4. The van der Waals surface area contributed by atoms with E-state index in [4.69, 9.17) is 11.6 Å². The highest BCUT2D eigenvalue weighted by Gasteiger charge is 2.42. The Morgan fingerprint density at radius 2 is 1.69 bits per heavy atom. The smallest absolute Gasteiger partial charge is 0.343 e. The second kappa shape index (κ2) is 7.37. The molecule has 0 aliphatic carbocycles. The molecule has 2 aromatic carbocycles. The topological polar surface area (TPSA) is 98.3 Å². The number of nitrogens with one attached hydrogen (secondary N) is 1. The molecule has 0 aliphatic rings. The van der Waals surface area contributed by atoms with Crippen LogP contribution in [0.2, 0.25) is 5.02 Å². The average Bonchev–Trinajstić information content (AvgIpc) is 2.49. The Morgan fingerprint density at radius 3 is 2.19 bits per heavy atom. The number of hydrogen-bond donors (Lipinski definition) is 1. The third-order valence-electron chi connectivity index (χ3n) is 3.09. The van der Waals surface area contributed by atoms with Gasteiger partial charge in [0.25, 0.3) is 0 Å². The zero-order chi connectivity index (χ0) is 19.8. The van der Waals surface area contributed by atoms with Gasteiger partial charge in [-0.1, -0.05) is 27.5 Å². The number of benzene rings is 2. The van der Waals surface area contributed by atoms with Gasteiger partial charge in [-0.3, -0.25) is 20.2 Å². The first-order valence-electron chi connectivity index (χ1n) is 6.38. The summed E-state index contributed by atoms with van der Waals surface area (Å²) >= 11 is 11.9. The van der Waals surface area contributed by atoms with Gasteiger partial charge in [0, 0.05) is 15.0 Å². The van der Waals surface area contributed by atoms with Crippen molar-refractivity contribution in [3.63, 3.8) is 0 Å². The largest absolute Gasteiger partial charge is 0.418 e. The maximum absolute atomic E-state index is 13.0. The van der Waals surface area contributed by atoms with Gasteiger partial charge < -0.3 is 5.32 Å². The Hall–Kier alpha value is -1.92. The lowest BCUT2D eigenvalue weighted by atomic mass is 10.1. The lowest BCUT2D eigenvalue weighted by Crippen LogP contribution is -2.11. The minimum Gasteiger partial charge on any atom is -0.343 e. The summed E-state index contributed by atoms with van der Waals surface area (Å²) in [5, 5.41) is 23.7. The molecule has 0 unspecified atom stereocenters. The molecule has 1 N–H and O–H groups in total. The Kier molecular flexibility index (Phi) is 5.78. The molecule has 26 heavy (non-hydrogen) atoms. The Balaban J connectivity index is 2.82. The predicted octanol–water partition coefficient (Wildman–Crippen LogP) is 6.44. The van der Waals surface area contributed by atoms with Gasteiger partial charge in [0.1, 0.15) is 5.02 Å². The summed E-state index contributed by atoms with van der Waals surface area (Å²) < 4.78 is 40.0. The van der Waals surface area contributed by atoms with E-state index in [1.54, 1.807) is 6.07 Å². The SMILES string of the molecule is O=[N+]([O-])c1cc(C(F)(F)F)c(Cl)c([N+](=O)[O-])c1Nc1cc(Br)ccc1Br. The highest BCUT2D eigenvalue weighted by Crippen LogP contribution is 2.48. The van der Waals surface area contributed by atoms with Crippen molar-refractivity contribution in [2.45, 2.75) is 6.18 Å². The summed E-state index contributed by atoms with van der Waals surface area (Å²) in [5.41, 5.74) is -4.69. The molecule has 0 bridgehead atoms. The molecule has 0 spiro atoms. The number of halogens is 6. The first-order valence-corrected chi connectivity index (χ1v) is 8.34. The van der Waals surface area contributed by atoms with Crippen molar-refractivity contribution >= 4 is 66.2 Å². The summed E-state index contributed by atoms with van der Waals surface area (Å²) in [5.74, 6) is 0. The van der Waals surface area contributed by atoms with E-state index in [0.717, 1.165) is 0 Å². The van der Waals surface area contributed by atoms with Crippen LogP contribution in [0.4, 0.5) is 35.9 Å². The third kappa shape index (κ3) is 4.07. The molecule has 7 nitrogen and oxygen atoms in total. The van der Waals surface area contributed by atoms with Crippen LogP contribution < -0.4 is 5.32 Å². The second-order valence-electron chi connectivity index (χ2n) is 4.74. The number of nitrogens with zero attached hydrogens (tertiary/aromatic N) is 2. The summed E-state index contributed by atoms with van der Waals surface area (Å²) in [6.45, 7) is 0. The van der Waals surface area contributed by atoms with Gasteiger partial charge in [0.05, 0.1) is 21.1 Å². The fourth-order valence-electron chi connectivity index (χ4n) is 2.00. The lowest BCUT2D eigenvalue weighted by Gasteiger charge is -2.14. The number of rotatable bonds is 4. The zero-order valence-corrected chi connectivity index (χ0v) is 16.0.